The number of rotatable bonds is 6. The number of primary amides is 1. The minimum Gasteiger partial charge on any atom is -0.368 e. The molecule has 2 aromatic rings. The number of nitrogens with two attached hydrogens (primary N) is 1. The van der Waals surface area contributed by atoms with Crippen molar-refractivity contribution in [2.45, 2.75) is 38.1 Å². The van der Waals surface area contributed by atoms with Crippen molar-refractivity contribution in [3.8, 4) is 0 Å². The molecule has 0 unspecified atom stereocenters. The second-order valence-electron chi connectivity index (χ2n) is 5.99. The van der Waals surface area contributed by atoms with Gasteiger partial charge in [0.15, 0.2) is 0 Å². The molecule has 0 radical (unpaired) electrons. The molecule has 0 heterocycles. The van der Waals surface area contributed by atoms with Gasteiger partial charge in [0.25, 0.3) is 0 Å². The number of benzene rings is 2. The van der Waals surface area contributed by atoms with Gasteiger partial charge in [-0.05, 0) is 43.9 Å². The summed E-state index contributed by atoms with van der Waals surface area (Å²) >= 11 is 0. The largest absolute Gasteiger partial charge is 0.368 e. The van der Waals surface area contributed by atoms with Crippen molar-refractivity contribution in [3.05, 3.63) is 64.7 Å². The summed E-state index contributed by atoms with van der Waals surface area (Å²) in [5, 5.41) is 0. The lowest BCUT2D eigenvalue weighted by Crippen LogP contribution is -2.46. The third-order valence-electron chi connectivity index (χ3n) is 3.80. The van der Waals surface area contributed by atoms with Crippen LogP contribution in [-0.4, -0.2) is 20.4 Å². The second kappa shape index (κ2) is 7.15. The normalized spacial score (nSPS) is 12.8. The Balaban J connectivity index is 2.33. The zero-order chi connectivity index (χ0) is 17.9. The van der Waals surface area contributed by atoms with Crippen LogP contribution in [0.5, 0.6) is 0 Å². The highest BCUT2D eigenvalue weighted by Gasteiger charge is 2.26. The maximum absolute atomic E-state index is 12.8. The van der Waals surface area contributed by atoms with Crippen LogP contribution >= 0.6 is 0 Å². The Hall–Kier alpha value is -2.18. The molecule has 2 aromatic carbocycles. The fraction of sp³-hybridized carbons (Fsp3) is 0.278. The van der Waals surface area contributed by atoms with Crippen LogP contribution in [0.2, 0.25) is 0 Å². The molecule has 2 rings (SSSR count). The second-order valence-corrected chi connectivity index (χ2v) is 7.64. The van der Waals surface area contributed by atoms with Crippen LogP contribution in [0.1, 0.15) is 22.3 Å². The van der Waals surface area contributed by atoms with Gasteiger partial charge in [0.1, 0.15) is 6.04 Å². The summed E-state index contributed by atoms with van der Waals surface area (Å²) in [6, 6.07) is 11.8. The molecule has 0 fully saturated rings. The average Bonchev–Trinajstić information content (AvgIpc) is 2.45. The Morgan fingerprint density at radius 1 is 1.08 bits per heavy atom. The van der Waals surface area contributed by atoms with E-state index in [2.05, 4.69) is 4.72 Å². The summed E-state index contributed by atoms with van der Waals surface area (Å²) in [7, 11) is -3.85. The predicted octanol–water partition coefficient (Wildman–Crippen LogP) is 1.99. The van der Waals surface area contributed by atoms with E-state index >= 15 is 0 Å². The van der Waals surface area contributed by atoms with Crippen LogP contribution < -0.4 is 10.5 Å². The number of hydrogen-bond acceptors (Lipinski definition) is 3. The number of aryl methyl sites for hydroxylation is 3. The zero-order valence-electron chi connectivity index (χ0n) is 14.0. The lowest BCUT2D eigenvalue weighted by atomic mass is 10.1. The first kappa shape index (κ1) is 18.2. The summed E-state index contributed by atoms with van der Waals surface area (Å²) in [6.07, 6.45) is 0.208. The topological polar surface area (TPSA) is 89.3 Å². The first-order chi connectivity index (χ1) is 11.2. The van der Waals surface area contributed by atoms with E-state index in [4.69, 9.17) is 5.73 Å². The fourth-order valence-corrected chi connectivity index (χ4v) is 4.54. The van der Waals surface area contributed by atoms with Gasteiger partial charge in [0, 0.05) is 0 Å². The van der Waals surface area contributed by atoms with E-state index < -0.39 is 22.0 Å². The van der Waals surface area contributed by atoms with Crippen LogP contribution in [0.15, 0.2) is 47.4 Å². The summed E-state index contributed by atoms with van der Waals surface area (Å²) in [5.41, 5.74) is 8.51. The molecule has 0 saturated heterocycles. The van der Waals surface area contributed by atoms with Crippen LogP contribution in [0.25, 0.3) is 0 Å². The van der Waals surface area contributed by atoms with Gasteiger partial charge in [-0.25, -0.2) is 8.42 Å². The lowest BCUT2D eigenvalue weighted by Gasteiger charge is -2.18. The Bertz CT molecular complexity index is 823. The van der Waals surface area contributed by atoms with Crippen molar-refractivity contribution < 1.29 is 13.2 Å². The summed E-state index contributed by atoms with van der Waals surface area (Å²) in [4.78, 5) is 11.9. The maximum atomic E-state index is 12.8. The number of nitrogens with one attached hydrogen (secondary N) is 1. The van der Waals surface area contributed by atoms with Gasteiger partial charge in [0.2, 0.25) is 15.9 Å². The van der Waals surface area contributed by atoms with Crippen LogP contribution in [0, 0.1) is 20.8 Å². The molecule has 0 aromatic heterocycles. The molecule has 0 aliphatic heterocycles. The SMILES string of the molecule is Cc1cc(C)c(S(=O)(=O)N[C@H](Cc2ccccc2)C(N)=O)c(C)c1. The molecule has 0 spiro atoms. The first-order valence-corrected chi connectivity index (χ1v) is 9.12. The highest BCUT2D eigenvalue weighted by molar-refractivity contribution is 7.89. The minimum absolute atomic E-state index is 0.201. The Labute approximate surface area is 142 Å². The zero-order valence-corrected chi connectivity index (χ0v) is 14.9. The van der Waals surface area contributed by atoms with Gasteiger partial charge in [-0.15, -0.1) is 0 Å². The van der Waals surface area contributed by atoms with Gasteiger partial charge in [-0.2, -0.15) is 4.72 Å². The van der Waals surface area contributed by atoms with E-state index in [0.29, 0.717) is 11.1 Å². The fourth-order valence-electron chi connectivity index (χ4n) is 2.89. The molecule has 0 aliphatic carbocycles. The molecule has 0 saturated carbocycles. The minimum atomic E-state index is -3.85. The molecule has 128 valence electrons. The van der Waals surface area contributed by atoms with Crippen LogP contribution in [0.4, 0.5) is 0 Å². The monoisotopic (exact) mass is 346 g/mol. The standard InChI is InChI=1S/C18H22N2O3S/c1-12-9-13(2)17(14(3)10-12)24(22,23)20-16(18(19)21)11-15-7-5-4-6-8-15/h4-10,16,20H,11H2,1-3H3,(H2,19,21)/t16-/m1/s1. The number of carbonyl (C=O) groups is 1. The smallest absolute Gasteiger partial charge is 0.241 e. The Morgan fingerprint density at radius 2 is 1.62 bits per heavy atom. The summed E-state index contributed by atoms with van der Waals surface area (Å²) in [6.45, 7) is 5.39. The first-order valence-electron chi connectivity index (χ1n) is 7.64. The van der Waals surface area contributed by atoms with Crippen LogP contribution in [-0.2, 0) is 21.2 Å². The quantitative estimate of drug-likeness (QED) is 0.838. The lowest BCUT2D eigenvalue weighted by molar-refractivity contribution is -0.119. The number of hydrogen-bond donors (Lipinski definition) is 2. The van der Waals surface area contributed by atoms with Crippen LogP contribution in [0.3, 0.4) is 0 Å². The van der Waals surface area contributed by atoms with Gasteiger partial charge in [0.05, 0.1) is 4.90 Å². The van der Waals surface area contributed by atoms with Gasteiger partial charge < -0.3 is 5.73 Å². The van der Waals surface area contributed by atoms with E-state index in [0.717, 1.165) is 11.1 Å². The molecular formula is C18H22N2O3S. The third-order valence-corrected chi connectivity index (χ3v) is 5.57. The van der Waals surface area contributed by atoms with Gasteiger partial charge in [-0.3, -0.25) is 4.79 Å². The molecule has 0 bridgehead atoms. The van der Waals surface area contributed by atoms with E-state index in [1.807, 2.05) is 37.3 Å². The number of carbonyl (C=O) groups excluding carboxylic acids is 1. The van der Waals surface area contributed by atoms with Crippen molar-refractivity contribution in [3.63, 3.8) is 0 Å². The highest BCUT2D eigenvalue weighted by atomic mass is 32.2. The molecule has 1 atom stereocenters. The van der Waals surface area contributed by atoms with Crippen molar-refractivity contribution in [2.24, 2.45) is 5.73 Å². The molecule has 1 amide bonds. The molecule has 3 N–H and O–H groups in total. The van der Waals surface area contributed by atoms with E-state index in [-0.39, 0.29) is 11.3 Å². The molecule has 24 heavy (non-hydrogen) atoms. The Morgan fingerprint density at radius 3 is 2.12 bits per heavy atom. The summed E-state index contributed by atoms with van der Waals surface area (Å²) < 4.78 is 28.0. The van der Waals surface area contributed by atoms with Crippen molar-refractivity contribution in [1.82, 2.24) is 4.72 Å². The van der Waals surface area contributed by atoms with E-state index in [9.17, 15) is 13.2 Å². The highest BCUT2D eigenvalue weighted by Crippen LogP contribution is 2.22. The van der Waals surface area contributed by atoms with Gasteiger partial charge >= 0.3 is 0 Å². The van der Waals surface area contributed by atoms with E-state index in [1.54, 1.807) is 26.0 Å². The molecule has 5 nitrogen and oxygen atoms in total. The van der Waals surface area contributed by atoms with E-state index in [1.165, 1.54) is 0 Å². The number of sulfonamides is 1. The molecule has 6 heteroatoms. The van der Waals surface area contributed by atoms with Gasteiger partial charge in [-0.1, -0.05) is 48.0 Å². The third kappa shape index (κ3) is 4.21. The van der Waals surface area contributed by atoms with Crippen molar-refractivity contribution >= 4 is 15.9 Å². The predicted molar refractivity (Wildman–Crippen MR) is 94.1 cm³/mol. The molecule has 0 aliphatic rings. The average molecular weight is 346 g/mol. The van der Waals surface area contributed by atoms with Crippen molar-refractivity contribution in [1.29, 1.82) is 0 Å². The maximum Gasteiger partial charge on any atom is 0.241 e. The van der Waals surface area contributed by atoms with Crippen molar-refractivity contribution in [2.75, 3.05) is 0 Å². The summed E-state index contributed by atoms with van der Waals surface area (Å²) in [5.74, 6) is -0.704. The molecular weight excluding hydrogens is 324 g/mol. The number of amides is 1. The Kier molecular flexibility index (Phi) is 5.41.